The number of fused-ring (bicyclic) bond motifs is 2. The van der Waals surface area contributed by atoms with Gasteiger partial charge in [0.05, 0.1) is 40.2 Å². The van der Waals surface area contributed by atoms with Gasteiger partial charge in [-0.15, -0.1) is 5.10 Å². The lowest BCUT2D eigenvalue weighted by Gasteiger charge is -2.57. The fourth-order valence-corrected chi connectivity index (χ4v) is 9.51. The maximum Gasteiger partial charge on any atom is 0.328 e. The summed E-state index contributed by atoms with van der Waals surface area (Å²) in [6, 6.07) is 17.1. The topological polar surface area (TPSA) is 143 Å². The van der Waals surface area contributed by atoms with Crippen LogP contribution in [0.2, 0.25) is 5.02 Å². The van der Waals surface area contributed by atoms with Crippen LogP contribution in [0.5, 0.6) is 0 Å². The molecule has 4 amide bonds. The second-order valence-electron chi connectivity index (χ2n) is 16.7. The molecule has 1 spiro atoms. The normalized spacial score (nSPS) is 20.0. The summed E-state index contributed by atoms with van der Waals surface area (Å²) < 4.78 is 33.4. The predicted octanol–water partition coefficient (Wildman–Crippen LogP) is 5.86. The van der Waals surface area contributed by atoms with E-state index in [0.717, 1.165) is 58.6 Å². The molecule has 310 valence electrons. The number of amides is 4. The highest BCUT2D eigenvalue weighted by molar-refractivity contribution is 6.34. The second kappa shape index (κ2) is 14.8. The lowest BCUT2D eigenvalue weighted by atomic mass is 9.69. The number of piperidine rings is 1. The first kappa shape index (κ1) is 38.5. The van der Waals surface area contributed by atoms with E-state index in [1.54, 1.807) is 33.8 Å². The number of hydrogen-bond donors (Lipinski definition) is 3. The molecule has 10 rings (SSSR count). The van der Waals surface area contributed by atoms with E-state index in [1.165, 1.54) is 4.90 Å². The van der Waals surface area contributed by atoms with E-state index >= 15 is 8.78 Å². The summed E-state index contributed by atoms with van der Waals surface area (Å²) in [5.74, 6) is -2.67. The Morgan fingerprint density at radius 2 is 1.70 bits per heavy atom. The molecule has 2 aromatic carbocycles. The van der Waals surface area contributed by atoms with E-state index in [-0.39, 0.29) is 37.4 Å². The van der Waals surface area contributed by atoms with Crippen molar-refractivity contribution < 1.29 is 23.2 Å². The third-order valence-corrected chi connectivity index (χ3v) is 12.9. The number of likely N-dealkylation sites (tertiary alicyclic amines) is 2. The van der Waals surface area contributed by atoms with Crippen LogP contribution in [-0.4, -0.2) is 106 Å². The SMILES string of the molecule is CNc1cc(N2CCc3c(-c4ccc(CN5CC6(CCN(Cc7ccc(N8CCC(=O)NC8=O)c(Cl)c7)CC6(F)F)C5)cn4)cccc32)nn2c(C(=O)NC3CC3)cnc12. The van der Waals surface area contributed by atoms with Gasteiger partial charge in [0, 0.05) is 82.3 Å². The maximum atomic E-state index is 15.9. The average Bonchev–Trinajstić information content (AvgIpc) is 3.74. The number of imidazole rings is 1. The Morgan fingerprint density at radius 3 is 2.43 bits per heavy atom. The minimum atomic E-state index is -2.87. The van der Waals surface area contributed by atoms with Crippen molar-refractivity contribution in [3.8, 4) is 11.3 Å². The summed E-state index contributed by atoms with van der Waals surface area (Å²) in [6.45, 7) is 2.63. The van der Waals surface area contributed by atoms with Crippen molar-refractivity contribution in [3.05, 3.63) is 94.4 Å². The smallest absolute Gasteiger partial charge is 0.328 e. The lowest BCUT2D eigenvalue weighted by molar-refractivity contribution is -0.227. The number of urea groups is 1. The van der Waals surface area contributed by atoms with Crippen LogP contribution in [-0.2, 0) is 24.3 Å². The molecule has 0 radical (unpaired) electrons. The fourth-order valence-electron chi connectivity index (χ4n) is 9.21. The van der Waals surface area contributed by atoms with Gasteiger partial charge in [-0.25, -0.2) is 23.1 Å². The molecular formula is C43H44ClF2N11O3. The van der Waals surface area contributed by atoms with Crippen LogP contribution in [0.4, 0.5) is 36.5 Å². The highest BCUT2D eigenvalue weighted by Crippen LogP contribution is 2.51. The summed E-state index contributed by atoms with van der Waals surface area (Å²) in [7, 11) is 1.83. The quantitative estimate of drug-likeness (QED) is 0.157. The first-order valence-electron chi connectivity index (χ1n) is 20.4. The molecule has 60 heavy (non-hydrogen) atoms. The van der Waals surface area contributed by atoms with E-state index in [9.17, 15) is 14.4 Å². The summed E-state index contributed by atoms with van der Waals surface area (Å²) in [6.07, 6.45) is 6.75. The molecule has 0 bridgehead atoms. The number of anilines is 4. The highest BCUT2D eigenvalue weighted by atomic mass is 35.5. The molecule has 5 aliphatic rings. The molecule has 4 fully saturated rings. The van der Waals surface area contributed by atoms with E-state index in [2.05, 4.69) is 42.9 Å². The molecule has 3 N–H and O–H groups in total. The van der Waals surface area contributed by atoms with Crippen LogP contribution in [0, 0.1) is 5.41 Å². The van der Waals surface area contributed by atoms with E-state index in [1.807, 2.05) is 37.5 Å². The van der Waals surface area contributed by atoms with Crippen LogP contribution >= 0.6 is 11.6 Å². The zero-order valence-electron chi connectivity index (χ0n) is 33.1. The van der Waals surface area contributed by atoms with Crippen molar-refractivity contribution in [2.45, 2.75) is 57.2 Å². The number of rotatable bonds is 10. The number of alkyl halides is 2. The molecule has 4 aliphatic heterocycles. The van der Waals surface area contributed by atoms with E-state index < -0.39 is 17.4 Å². The summed E-state index contributed by atoms with van der Waals surface area (Å²) in [5, 5.41) is 13.8. The van der Waals surface area contributed by atoms with Crippen molar-refractivity contribution in [2.24, 2.45) is 5.41 Å². The van der Waals surface area contributed by atoms with Gasteiger partial charge in [-0.3, -0.25) is 34.6 Å². The van der Waals surface area contributed by atoms with Crippen molar-refractivity contribution >= 4 is 58.0 Å². The zero-order chi connectivity index (χ0) is 41.3. The molecule has 5 aromatic rings. The third-order valence-electron chi connectivity index (χ3n) is 12.6. The fraction of sp³-hybridized carbons (Fsp3) is 0.395. The maximum absolute atomic E-state index is 15.9. The molecular weight excluding hydrogens is 792 g/mol. The Balaban J connectivity index is 0.773. The number of carbonyl (C=O) groups is 3. The molecule has 17 heteroatoms. The van der Waals surface area contributed by atoms with Crippen LogP contribution < -0.4 is 25.8 Å². The Morgan fingerprint density at radius 1 is 0.900 bits per heavy atom. The number of hydrogen-bond acceptors (Lipinski definition) is 10. The molecule has 7 heterocycles. The summed E-state index contributed by atoms with van der Waals surface area (Å²) >= 11 is 6.53. The lowest BCUT2D eigenvalue weighted by Crippen LogP contribution is -2.69. The standard InChI is InChI=1S/C43H44ClF2N11O3/c1-47-33-18-37(52-57-36(20-49-39(33)57)40(59)50-28-7-8-28)55-14-11-30-29(3-2-4-34(30)55)32-9-5-27(19-48-32)22-54-23-42(24-54)13-16-53(25-43(42,45)46)21-26-6-10-35(31(44)17-26)56-15-12-38(58)51-41(56)60/h2-6,9-10,17-20,28,47H,7-8,11-16,21-25H2,1H3,(H,50,59)(H,51,58,60). The Hall–Kier alpha value is -5.71. The van der Waals surface area contributed by atoms with Gasteiger partial charge in [0.2, 0.25) is 5.91 Å². The Bertz CT molecular complexity index is 2540. The largest absolute Gasteiger partial charge is 0.385 e. The van der Waals surface area contributed by atoms with Gasteiger partial charge in [0.1, 0.15) is 0 Å². The second-order valence-corrected chi connectivity index (χ2v) is 17.1. The van der Waals surface area contributed by atoms with Crippen LogP contribution in [0.15, 0.2) is 67.0 Å². The zero-order valence-corrected chi connectivity index (χ0v) is 33.8. The van der Waals surface area contributed by atoms with Crippen LogP contribution in [0.3, 0.4) is 0 Å². The molecule has 3 saturated heterocycles. The van der Waals surface area contributed by atoms with Crippen molar-refractivity contribution in [3.63, 3.8) is 0 Å². The van der Waals surface area contributed by atoms with E-state index in [4.69, 9.17) is 21.7 Å². The summed E-state index contributed by atoms with van der Waals surface area (Å²) in [5.41, 5.74) is 6.98. The first-order chi connectivity index (χ1) is 29.0. The number of nitrogens with zero attached hydrogens (tertiary/aromatic N) is 8. The molecule has 3 aromatic heterocycles. The van der Waals surface area contributed by atoms with Crippen LogP contribution in [0.1, 0.15) is 52.9 Å². The Kier molecular flexibility index (Phi) is 9.48. The number of halogens is 3. The van der Waals surface area contributed by atoms with Crippen molar-refractivity contribution in [1.29, 1.82) is 0 Å². The molecule has 0 unspecified atom stereocenters. The minimum Gasteiger partial charge on any atom is -0.385 e. The van der Waals surface area contributed by atoms with Gasteiger partial charge in [-0.05, 0) is 73.2 Å². The van der Waals surface area contributed by atoms with Gasteiger partial charge in [0.15, 0.2) is 17.2 Å². The van der Waals surface area contributed by atoms with Gasteiger partial charge in [0.25, 0.3) is 11.8 Å². The monoisotopic (exact) mass is 835 g/mol. The highest BCUT2D eigenvalue weighted by Gasteiger charge is 2.62. The number of carbonyl (C=O) groups excluding carboxylic acids is 3. The van der Waals surface area contributed by atoms with Gasteiger partial charge < -0.3 is 15.5 Å². The van der Waals surface area contributed by atoms with Crippen molar-refractivity contribution in [2.75, 3.05) is 61.4 Å². The summed E-state index contributed by atoms with van der Waals surface area (Å²) in [4.78, 5) is 53.6. The van der Waals surface area contributed by atoms with Crippen LogP contribution in [0.25, 0.3) is 16.9 Å². The number of aromatic nitrogens is 4. The molecule has 0 atom stereocenters. The average molecular weight is 836 g/mol. The van der Waals surface area contributed by atoms with Gasteiger partial charge in [-0.2, -0.15) is 0 Å². The predicted molar refractivity (Wildman–Crippen MR) is 223 cm³/mol. The number of pyridine rings is 1. The number of benzene rings is 2. The first-order valence-corrected chi connectivity index (χ1v) is 20.8. The third kappa shape index (κ3) is 6.89. The molecule has 14 nitrogen and oxygen atoms in total. The van der Waals surface area contributed by atoms with Crippen molar-refractivity contribution in [1.82, 2.24) is 40.0 Å². The van der Waals surface area contributed by atoms with Gasteiger partial charge in [-0.1, -0.05) is 35.9 Å². The number of imide groups is 1. The molecule has 1 saturated carbocycles. The number of nitrogens with one attached hydrogen (secondary N) is 3. The Labute approximate surface area is 349 Å². The van der Waals surface area contributed by atoms with E-state index in [0.29, 0.717) is 73.6 Å². The molecule has 1 aliphatic carbocycles. The minimum absolute atomic E-state index is 0.181. The van der Waals surface area contributed by atoms with Gasteiger partial charge >= 0.3 is 6.03 Å².